The zero-order valence-electron chi connectivity index (χ0n) is 7.42. The lowest BCUT2D eigenvalue weighted by Gasteiger charge is -2.03. The van der Waals surface area contributed by atoms with Gasteiger partial charge in [-0.25, -0.2) is 4.98 Å². The van der Waals surface area contributed by atoms with Gasteiger partial charge in [-0.1, -0.05) is 6.07 Å². The molecule has 2 aromatic heterocycles. The Morgan fingerprint density at radius 2 is 2.36 bits per heavy atom. The summed E-state index contributed by atoms with van der Waals surface area (Å²) in [6.07, 6.45) is 3.50. The van der Waals surface area contributed by atoms with E-state index < -0.39 is 0 Å². The van der Waals surface area contributed by atoms with Gasteiger partial charge in [0.2, 0.25) is 0 Å². The molecule has 2 rings (SSSR count). The highest BCUT2D eigenvalue weighted by Gasteiger charge is 2.13. The minimum atomic E-state index is -0.0753. The van der Waals surface area contributed by atoms with Crippen LogP contribution in [0.15, 0.2) is 29.1 Å². The van der Waals surface area contributed by atoms with Gasteiger partial charge in [0.1, 0.15) is 11.3 Å². The molecule has 72 valence electrons. The lowest BCUT2D eigenvalue weighted by Crippen LogP contribution is -2.02. The molecule has 0 spiro atoms. The number of thiophene rings is 1. The Kier molecular flexibility index (Phi) is 3.06. The van der Waals surface area contributed by atoms with E-state index in [4.69, 9.17) is 0 Å². The SMILES string of the molecule is O=CC(Cc1cccs1)c1nccs1. The van der Waals surface area contributed by atoms with E-state index in [1.807, 2.05) is 16.8 Å². The number of nitrogens with zero attached hydrogens (tertiary/aromatic N) is 1. The Morgan fingerprint density at radius 3 is 2.93 bits per heavy atom. The first-order valence-electron chi connectivity index (χ1n) is 4.27. The molecule has 0 saturated heterocycles. The van der Waals surface area contributed by atoms with E-state index in [2.05, 4.69) is 11.1 Å². The standard InChI is InChI=1S/C10H9NOS2/c12-7-8(10-11-3-5-14-10)6-9-2-1-4-13-9/h1-5,7-8H,6H2. The first-order valence-corrected chi connectivity index (χ1v) is 6.03. The molecule has 0 aliphatic carbocycles. The van der Waals surface area contributed by atoms with Crippen molar-refractivity contribution < 1.29 is 4.79 Å². The minimum Gasteiger partial charge on any atom is -0.303 e. The van der Waals surface area contributed by atoms with Gasteiger partial charge in [-0.15, -0.1) is 22.7 Å². The maximum Gasteiger partial charge on any atom is 0.130 e. The number of carbonyl (C=O) groups excluding carboxylic acids is 1. The number of rotatable bonds is 4. The molecule has 0 radical (unpaired) electrons. The van der Waals surface area contributed by atoms with Gasteiger partial charge in [0.25, 0.3) is 0 Å². The molecule has 2 aromatic rings. The summed E-state index contributed by atoms with van der Waals surface area (Å²) in [6, 6.07) is 4.05. The molecule has 0 aromatic carbocycles. The highest BCUT2D eigenvalue weighted by molar-refractivity contribution is 7.10. The molecular formula is C10H9NOS2. The van der Waals surface area contributed by atoms with Crippen LogP contribution in [0.3, 0.4) is 0 Å². The molecule has 0 aliphatic heterocycles. The number of aldehydes is 1. The van der Waals surface area contributed by atoms with E-state index in [-0.39, 0.29) is 5.92 Å². The summed E-state index contributed by atoms with van der Waals surface area (Å²) in [5.41, 5.74) is 0. The zero-order valence-corrected chi connectivity index (χ0v) is 9.05. The van der Waals surface area contributed by atoms with E-state index in [0.717, 1.165) is 17.7 Å². The normalized spacial score (nSPS) is 12.6. The number of hydrogen-bond donors (Lipinski definition) is 0. The largest absolute Gasteiger partial charge is 0.303 e. The fourth-order valence-corrected chi connectivity index (χ4v) is 2.72. The quantitative estimate of drug-likeness (QED) is 0.746. The topological polar surface area (TPSA) is 30.0 Å². The predicted octanol–water partition coefficient (Wildman–Crippen LogP) is 2.73. The second kappa shape index (κ2) is 4.48. The van der Waals surface area contributed by atoms with Gasteiger partial charge in [-0.2, -0.15) is 0 Å². The van der Waals surface area contributed by atoms with Gasteiger partial charge in [-0.05, 0) is 17.9 Å². The van der Waals surface area contributed by atoms with Crippen molar-refractivity contribution in [3.05, 3.63) is 39.0 Å². The second-order valence-corrected chi connectivity index (χ2v) is 4.85. The Morgan fingerprint density at radius 1 is 1.43 bits per heavy atom. The van der Waals surface area contributed by atoms with Crippen LogP contribution in [0.1, 0.15) is 15.8 Å². The van der Waals surface area contributed by atoms with Crippen molar-refractivity contribution in [2.75, 3.05) is 0 Å². The minimum absolute atomic E-state index is 0.0753. The van der Waals surface area contributed by atoms with Crippen LogP contribution >= 0.6 is 22.7 Å². The van der Waals surface area contributed by atoms with Gasteiger partial charge in [0.15, 0.2) is 0 Å². The number of aromatic nitrogens is 1. The van der Waals surface area contributed by atoms with Crippen molar-refractivity contribution in [2.24, 2.45) is 0 Å². The Balaban J connectivity index is 2.12. The molecule has 2 heterocycles. The van der Waals surface area contributed by atoms with Crippen LogP contribution in [0.2, 0.25) is 0 Å². The van der Waals surface area contributed by atoms with Crippen molar-refractivity contribution in [2.45, 2.75) is 12.3 Å². The van der Waals surface area contributed by atoms with Crippen LogP contribution < -0.4 is 0 Å². The highest BCUT2D eigenvalue weighted by Crippen LogP contribution is 2.22. The van der Waals surface area contributed by atoms with Gasteiger partial charge in [0.05, 0.1) is 5.92 Å². The molecule has 14 heavy (non-hydrogen) atoms. The number of hydrogen-bond acceptors (Lipinski definition) is 4. The molecule has 0 amide bonds. The Hall–Kier alpha value is -1.00. The maximum absolute atomic E-state index is 10.9. The monoisotopic (exact) mass is 223 g/mol. The fraction of sp³-hybridized carbons (Fsp3) is 0.200. The third-order valence-electron chi connectivity index (χ3n) is 1.93. The third kappa shape index (κ3) is 2.08. The van der Waals surface area contributed by atoms with Crippen LogP contribution in [-0.2, 0) is 11.2 Å². The Labute approximate surface area is 90.2 Å². The van der Waals surface area contributed by atoms with Crippen LogP contribution in [0.5, 0.6) is 0 Å². The molecule has 0 aliphatic rings. The molecular weight excluding hydrogens is 214 g/mol. The van der Waals surface area contributed by atoms with Crippen LogP contribution in [0.4, 0.5) is 0 Å². The summed E-state index contributed by atoms with van der Waals surface area (Å²) in [5.74, 6) is -0.0753. The van der Waals surface area contributed by atoms with E-state index in [1.165, 1.54) is 16.2 Å². The van der Waals surface area contributed by atoms with Gasteiger partial charge < -0.3 is 4.79 Å². The molecule has 1 unspecified atom stereocenters. The van der Waals surface area contributed by atoms with E-state index in [9.17, 15) is 4.79 Å². The lowest BCUT2D eigenvalue weighted by atomic mass is 10.1. The van der Waals surface area contributed by atoms with Crippen molar-refractivity contribution in [1.82, 2.24) is 4.98 Å². The van der Waals surface area contributed by atoms with E-state index in [1.54, 1.807) is 17.5 Å². The van der Waals surface area contributed by atoms with E-state index >= 15 is 0 Å². The Bertz CT molecular complexity index is 380. The first kappa shape index (κ1) is 9.55. The lowest BCUT2D eigenvalue weighted by molar-refractivity contribution is -0.109. The molecule has 0 N–H and O–H groups in total. The van der Waals surface area contributed by atoms with Crippen LogP contribution in [-0.4, -0.2) is 11.3 Å². The van der Waals surface area contributed by atoms with Crippen molar-refractivity contribution in [1.29, 1.82) is 0 Å². The summed E-state index contributed by atoms with van der Waals surface area (Å²) in [5, 5.41) is 4.84. The summed E-state index contributed by atoms with van der Waals surface area (Å²) in [4.78, 5) is 16.3. The molecule has 0 fully saturated rings. The smallest absolute Gasteiger partial charge is 0.130 e. The molecule has 0 saturated carbocycles. The first-order chi connectivity index (χ1) is 6.90. The number of carbonyl (C=O) groups is 1. The van der Waals surface area contributed by atoms with Crippen LogP contribution in [0.25, 0.3) is 0 Å². The second-order valence-electron chi connectivity index (χ2n) is 2.90. The highest BCUT2D eigenvalue weighted by atomic mass is 32.1. The number of thiazole rings is 1. The molecule has 2 nitrogen and oxygen atoms in total. The van der Waals surface area contributed by atoms with Crippen molar-refractivity contribution in [3.63, 3.8) is 0 Å². The fourth-order valence-electron chi connectivity index (χ4n) is 1.26. The maximum atomic E-state index is 10.9. The average molecular weight is 223 g/mol. The summed E-state index contributed by atoms with van der Waals surface area (Å²) in [7, 11) is 0. The summed E-state index contributed by atoms with van der Waals surface area (Å²) < 4.78 is 0. The predicted molar refractivity (Wildman–Crippen MR) is 58.9 cm³/mol. The molecule has 1 atom stereocenters. The molecule has 4 heteroatoms. The van der Waals surface area contributed by atoms with Crippen molar-refractivity contribution >= 4 is 29.0 Å². The zero-order chi connectivity index (χ0) is 9.80. The van der Waals surface area contributed by atoms with E-state index in [0.29, 0.717) is 0 Å². The van der Waals surface area contributed by atoms with Gasteiger partial charge in [0, 0.05) is 16.5 Å². The average Bonchev–Trinajstić information content (AvgIpc) is 2.86. The molecule has 0 bridgehead atoms. The van der Waals surface area contributed by atoms with Crippen LogP contribution in [0, 0.1) is 0 Å². The third-order valence-corrected chi connectivity index (χ3v) is 3.74. The van der Waals surface area contributed by atoms with Crippen molar-refractivity contribution in [3.8, 4) is 0 Å². The summed E-state index contributed by atoms with van der Waals surface area (Å²) >= 11 is 3.22. The van der Waals surface area contributed by atoms with Gasteiger partial charge >= 0.3 is 0 Å². The summed E-state index contributed by atoms with van der Waals surface area (Å²) in [6.45, 7) is 0. The van der Waals surface area contributed by atoms with Gasteiger partial charge in [-0.3, -0.25) is 0 Å².